The summed E-state index contributed by atoms with van der Waals surface area (Å²) in [5, 5.41) is 11.7. The summed E-state index contributed by atoms with van der Waals surface area (Å²) in [5.41, 5.74) is 0. The van der Waals surface area contributed by atoms with E-state index in [0.29, 0.717) is 10.3 Å². The van der Waals surface area contributed by atoms with E-state index in [0.717, 1.165) is 4.70 Å². The highest BCUT2D eigenvalue weighted by molar-refractivity contribution is 7.20. The number of hydrogen-bond acceptors (Lipinski definition) is 3. The Kier molecular flexibility index (Phi) is 3.29. The molecule has 2 aromatic rings. The van der Waals surface area contributed by atoms with Crippen LogP contribution in [0.5, 0.6) is 0 Å². The molecule has 2 rings (SSSR count). The van der Waals surface area contributed by atoms with Crippen molar-refractivity contribution in [2.45, 2.75) is 13.0 Å². The van der Waals surface area contributed by atoms with Crippen LogP contribution in [0.15, 0.2) is 24.3 Å². The Hall–Kier alpha value is -1.95. The number of nitrogens with one attached hydrogen (secondary N) is 1. The van der Waals surface area contributed by atoms with Gasteiger partial charge in [0.05, 0.1) is 4.88 Å². The molecule has 0 fully saturated rings. The maximum Gasteiger partial charge on any atom is 0.325 e. The Labute approximate surface area is 106 Å². The van der Waals surface area contributed by atoms with Crippen LogP contribution >= 0.6 is 11.3 Å². The highest BCUT2D eigenvalue weighted by Crippen LogP contribution is 2.26. The normalized spacial score (nSPS) is 12.3. The fourth-order valence-electron chi connectivity index (χ4n) is 1.46. The zero-order valence-corrected chi connectivity index (χ0v) is 10.3. The minimum atomic E-state index is -1.10. The zero-order chi connectivity index (χ0) is 13.3. The predicted molar refractivity (Wildman–Crippen MR) is 66.3 cm³/mol. The third-order valence-corrected chi connectivity index (χ3v) is 3.54. The molecule has 1 aromatic heterocycles. The fourth-order valence-corrected chi connectivity index (χ4v) is 2.40. The first-order valence-electron chi connectivity index (χ1n) is 5.20. The molecule has 0 spiro atoms. The molecule has 1 heterocycles. The van der Waals surface area contributed by atoms with E-state index in [1.165, 1.54) is 30.4 Å². The molecular formula is C12H10FNO3S. The summed E-state index contributed by atoms with van der Waals surface area (Å²) >= 11 is 1.20. The first-order valence-corrected chi connectivity index (χ1v) is 6.02. The number of halogens is 1. The van der Waals surface area contributed by atoms with Crippen LogP contribution in [0.4, 0.5) is 4.39 Å². The van der Waals surface area contributed by atoms with Crippen molar-refractivity contribution < 1.29 is 19.1 Å². The minimum Gasteiger partial charge on any atom is -0.480 e. The molecule has 0 saturated carbocycles. The van der Waals surface area contributed by atoms with Gasteiger partial charge in [0.15, 0.2) is 0 Å². The Morgan fingerprint density at radius 1 is 1.39 bits per heavy atom. The monoisotopic (exact) mass is 267 g/mol. The molecule has 1 atom stereocenters. The maximum atomic E-state index is 13.0. The second-order valence-electron chi connectivity index (χ2n) is 3.83. The third-order valence-electron chi connectivity index (χ3n) is 2.42. The average Bonchev–Trinajstić information content (AvgIpc) is 2.71. The van der Waals surface area contributed by atoms with Crippen molar-refractivity contribution in [2.75, 3.05) is 0 Å². The van der Waals surface area contributed by atoms with Crippen molar-refractivity contribution in [3.8, 4) is 0 Å². The van der Waals surface area contributed by atoms with Crippen LogP contribution in [0.3, 0.4) is 0 Å². The highest BCUT2D eigenvalue weighted by Gasteiger charge is 2.17. The molecule has 0 unspecified atom stereocenters. The van der Waals surface area contributed by atoms with E-state index in [1.54, 1.807) is 12.1 Å². The van der Waals surface area contributed by atoms with Gasteiger partial charge in [0.25, 0.3) is 5.91 Å². The topological polar surface area (TPSA) is 66.4 Å². The van der Waals surface area contributed by atoms with Gasteiger partial charge in [-0.3, -0.25) is 9.59 Å². The van der Waals surface area contributed by atoms with Crippen LogP contribution in [-0.2, 0) is 4.79 Å². The van der Waals surface area contributed by atoms with Crippen molar-refractivity contribution in [3.63, 3.8) is 0 Å². The van der Waals surface area contributed by atoms with Crippen molar-refractivity contribution >= 4 is 33.3 Å². The van der Waals surface area contributed by atoms with E-state index in [4.69, 9.17) is 5.11 Å². The van der Waals surface area contributed by atoms with E-state index in [1.807, 2.05) is 0 Å². The fraction of sp³-hybridized carbons (Fsp3) is 0.167. The zero-order valence-electron chi connectivity index (χ0n) is 9.44. The number of carboxylic acids is 1. The lowest BCUT2D eigenvalue weighted by atomic mass is 10.2. The van der Waals surface area contributed by atoms with Gasteiger partial charge in [-0.1, -0.05) is 0 Å². The molecule has 0 bridgehead atoms. The summed E-state index contributed by atoms with van der Waals surface area (Å²) in [4.78, 5) is 22.7. The molecule has 4 nitrogen and oxygen atoms in total. The SMILES string of the molecule is C[C@@H](NC(=O)c1cc2cc(F)ccc2s1)C(=O)O. The Balaban J connectivity index is 2.26. The van der Waals surface area contributed by atoms with E-state index in [-0.39, 0.29) is 5.82 Å². The number of rotatable bonds is 3. The molecule has 0 radical (unpaired) electrons. The predicted octanol–water partition coefficient (Wildman–Crippen LogP) is 2.24. The largest absolute Gasteiger partial charge is 0.480 e. The van der Waals surface area contributed by atoms with Crippen LogP contribution in [0.1, 0.15) is 16.6 Å². The van der Waals surface area contributed by atoms with Crippen LogP contribution in [0.25, 0.3) is 10.1 Å². The second-order valence-corrected chi connectivity index (χ2v) is 4.91. The van der Waals surface area contributed by atoms with Gasteiger partial charge >= 0.3 is 5.97 Å². The van der Waals surface area contributed by atoms with Crippen molar-refractivity contribution in [3.05, 3.63) is 35.0 Å². The summed E-state index contributed by atoms with van der Waals surface area (Å²) in [7, 11) is 0. The van der Waals surface area contributed by atoms with E-state index < -0.39 is 17.9 Å². The summed E-state index contributed by atoms with van der Waals surface area (Å²) in [6.45, 7) is 1.38. The second kappa shape index (κ2) is 4.73. The molecule has 18 heavy (non-hydrogen) atoms. The smallest absolute Gasteiger partial charge is 0.325 e. The molecule has 0 aliphatic rings. The standard InChI is InChI=1S/C12H10FNO3S/c1-6(12(16)17)14-11(15)10-5-7-4-8(13)2-3-9(7)18-10/h2-6H,1H3,(H,14,15)(H,16,17)/t6-/m1/s1. The first kappa shape index (κ1) is 12.5. The number of hydrogen-bond donors (Lipinski definition) is 2. The molecule has 6 heteroatoms. The molecule has 0 aliphatic carbocycles. The lowest BCUT2D eigenvalue weighted by Crippen LogP contribution is -2.37. The Morgan fingerprint density at radius 3 is 2.78 bits per heavy atom. The van der Waals surface area contributed by atoms with Crippen LogP contribution in [0, 0.1) is 5.82 Å². The van der Waals surface area contributed by atoms with Crippen LogP contribution in [-0.4, -0.2) is 23.0 Å². The number of fused-ring (bicyclic) bond motifs is 1. The average molecular weight is 267 g/mol. The molecule has 2 N–H and O–H groups in total. The molecule has 94 valence electrons. The van der Waals surface area contributed by atoms with Crippen LogP contribution < -0.4 is 5.32 Å². The van der Waals surface area contributed by atoms with Crippen molar-refractivity contribution in [1.29, 1.82) is 0 Å². The van der Waals surface area contributed by atoms with Gasteiger partial charge in [-0.05, 0) is 36.6 Å². The van der Waals surface area contributed by atoms with E-state index in [2.05, 4.69) is 5.32 Å². The number of amides is 1. The lowest BCUT2D eigenvalue weighted by Gasteiger charge is -2.07. The molecular weight excluding hydrogens is 257 g/mol. The minimum absolute atomic E-state index is 0.365. The lowest BCUT2D eigenvalue weighted by molar-refractivity contribution is -0.138. The number of benzene rings is 1. The van der Waals surface area contributed by atoms with Gasteiger partial charge in [0.2, 0.25) is 0 Å². The van der Waals surface area contributed by atoms with Gasteiger partial charge < -0.3 is 10.4 Å². The van der Waals surface area contributed by atoms with Crippen molar-refractivity contribution in [2.24, 2.45) is 0 Å². The molecule has 0 aliphatic heterocycles. The highest BCUT2D eigenvalue weighted by atomic mass is 32.1. The van der Waals surface area contributed by atoms with Gasteiger partial charge in [-0.25, -0.2) is 4.39 Å². The quantitative estimate of drug-likeness (QED) is 0.896. The van der Waals surface area contributed by atoms with E-state index in [9.17, 15) is 14.0 Å². The number of carboxylic acid groups (broad SMARTS) is 1. The van der Waals surface area contributed by atoms with Gasteiger partial charge in [-0.2, -0.15) is 0 Å². The number of carbonyl (C=O) groups is 2. The van der Waals surface area contributed by atoms with E-state index >= 15 is 0 Å². The Bertz CT molecular complexity index is 623. The first-order chi connectivity index (χ1) is 8.47. The summed E-state index contributed by atoms with van der Waals surface area (Å²) in [6.07, 6.45) is 0. The van der Waals surface area contributed by atoms with Crippen LogP contribution in [0.2, 0.25) is 0 Å². The number of aliphatic carboxylic acids is 1. The number of carbonyl (C=O) groups excluding carboxylic acids is 1. The Morgan fingerprint density at radius 2 is 2.11 bits per heavy atom. The maximum absolute atomic E-state index is 13.0. The third kappa shape index (κ3) is 2.48. The molecule has 1 amide bonds. The van der Waals surface area contributed by atoms with Gasteiger partial charge in [0.1, 0.15) is 11.9 Å². The van der Waals surface area contributed by atoms with Gasteiger partial charge in [0, 0.05) is 4.70 Å². The summed E-state index contributed by atoms with van der Waals surface area (Å²) in [6, 6.07) is 4.84. The molecule has 0 saturated heterocycles. The summed E-state index contributed by atoms with van der Waals surface area (Å²) < 4.78 is 13.8. The molecule has 1 aromatic carbocycles. The van der Waals surface area contributed by atoms with Crippen molar-refractivity contribution in [1.82, 2.24) is 5.32 Å². The summed E-state index contributed by atoms with van der Waals surface area (Å²) in [5.74, 6) is -1.94. The van der Waals surface area contributed by atoms with Gasteiger partial charge in [-0.15, -0.1) is 11.3 Å². The number of thiophene rings is 1.